The molecule has 96 valence electrons. The molecule has 0 saturated carbocycles. The fourth-order valence-electron chi connectivity index (χ4n) is 1.75. The van der Waals surface area contributed by atoms with E-state index in [-0.39, 0.29) is 0 Å². The molecule has 0 aliphatic carbocycles. The third-order valence-electron chi connectivity index (χ3n) is 2.71. The quantitative estimate of drug-likeness (QED) is 0.562. The van der Waals surface area contributed by atoms with Gasteiger partial charge < -0.3 is 13.3 Å². The standard InChI is InChI=1S/C12H19ClO3Si/c1-14-17(15-2,16-3)12-8-6-11(7-9-12)5-4-10-13/h6-9H,4-5,10H2,1-3H3. The Morgan fingerprint density at radius 2 is 1.53 bits per heavy atom. The van der Waals surface area contributed by atoms with Gasteiger partial charge in [0, 0.05) is 32.4 Å². The Labute approximate surface area is 109 Å². The molecule has 1 aromatic rings. The van der Waals surface area contributed by atoms with E-state index < -0.39 is 8.80 Å². The van der Waals surface area contributed by atoms with Gasteiger partial charge in [0.15, 0.2) is 0 Å². The number of alkyl halides is 1. The van der Waals surface area contributed by atoms with Gasteiger partial charge in [-0.2, -0.15) is 0 Å². The Balaban J connectivity index is 2.84. The van der Waals surface area contributed by atoms with Gasteiger partial charge in [0.2, 0.25) is 0 Å². The van der Waals surface area contributed by atoms with E-state index in [4.69, 9.17) is 24.9 Å². The molecule has 0 amide bonds. The summed E-state index contributed by atoms with van der Waals surface area (Å²) in [5.41, 5.74) is 1.26. The molecular weight excluding hydrogens is 256 g/mol. The fraction of sp³-hybridized carbons (Fsp3) is 0.500. The van der Waals surface area contributed by atoms with Crippen LogP contribution in [0, 0.1) is 0 Å². The van der Waals surface area contributed by atoms with Gasteiger partial charge in [-0.15, -0.1) is 11.6 Å². The zero-order valence-corrected chi connectivity index (χ0v) is 12.3. The lowest BCUT2D eigenvalue weighted by Gasteiger charge is -2.24. The number of hydrogen-bond acceptors (Lipinski definition) is 3. The Morgan fingerprint density at radius 3 is 1.94 bits per heavy atom. The maximum atomic E-state index is 5.67. The zero-order chi connectivity index (χ0) is 12.7. The van der Waals surface area contributed by atoms with E-state index in [0.717, 1.165) is 18.0 Å². The first kappa shape index (κ1) is 14.7. The van der Waals surface area contributed by atoms with Gasteiger partial charge in [-0.25, -0.2) is 0 Å². The van der Waals surface area contributed by atoms with Crippen molar-refractivity contribution < 1.29 is 13.3 Å². The van der Waals surface area contributed by atoms with Gasteiger partial charge in [0.25, 0.3) is 0 Å². The van der Waals surface area contributed by atoms with Gasteiger partial charge in [0.1, 0.15) is 0 Å². The van der Waals surface area contributed by atoms with E-state index in [1.54, 1.807) is 21.3 Å². The fourth-order valence-corrected chi connectivity index (χ4v) is 3.67. The summed E-state index contributed by atoms with van der Waals surface area (Å²) in [6.45, 7) is 0. The second kappa shape index (κ2) is 7.13. The highest BCUT2D eigenvalue weighted by molar-refractivity contribution is 6.75. The molecule has 0 radical (unpaired) electrons. The van der Waals surface area contributed by atoms with Gasteiger partial charge in [-0.05, 0) is 18.4 Å². The summed E-state index contributed by atoms with van der Waals surface area (Å²) in [4.78, 5) is 0. The van der Waals surface area contributed by atoms with Crippen LogP contribution in [0.4, 0.5) is 0 Å². The van der Waals surface area contributed by atoms with E-state index in [2.05, 4.69) is 12.1 Å². The highest BCUT2D eigenvalue weighted by Gasteiger charge is 2.40. The van der Waals surface area contributed by atoms with Crippen LogP contribution in [0.15, 0.2) is 24.3 Å². The second-order valence-electron chi connectivity index (χ2n) is 3.66. The van der Waals surface area contributed by atoms with E-state index in [9.17, 15) is 0 Å². The van der Waals surface area contributed by atoms with Crippen LogP contribution < -0.4 is 5.19 Å². The molecule has 0 spiro atoms. The van der Waals surface area contributed by atoms with Crippen LogP contribution in [-0.2, 0) is 19.7 Å². The minimum absolute atomic E-state index is 0.689. The van der Waals surface area contributed by atoms with Crippen LogP contribution in [0.3, 0.4) is 0 Å². The van der Waals surface area contributed by atoms with Crippen molar-refractivity contribution in [1.82, 2.24) is 0 Å². The molecule has 0 bridgehead atoms. The molecule has 0 unspecified atom stereocenters. The summed E-state index contributed by atoms with van der Waals surface area (Å²) in [5, 5.41) is 0.972. The normalized spacial score (nSPS) is 11.8. The van der Waals surface area contributed by atoms with E-state index in [0.29, 0.717) is 5.88 Å². The molecule has 0 saturated heterocycles. The Bertz CT molecular complexity index is 317. The lowest BCUT2D eigenvalue weighted by Crippen LogP contribution is -2.54. The van der Waals surface area contributed by atoms with Crippen molar-refractivity contribution in [2.24, 2.45) is 0 Å². The first-order valence-corrected chi connectivity index (χ1v) is 7.79. The zero-order valence-electron chi connectivity index (χ0n) is 10.5. The summed E-state index contributed by atoms with van der Waals surface area (Å²) in [5.74, 6) is 0.689. The lowest BCUT2D eigenvalue weighted by atomic mass is 10.1. The molecular formula is C12H19ClO3Si. The molecule has 0 N–H and O–H groups in total. The van der Waals surface area contributed by atoms with Crippen molar-refractivity contribution in [2.45, 2.75) is 12.8 Å². The van der Waals surface area contributed by atoms with Crippen molar-refractivity contribution in [3.8, 4) is 0 Å². The Morgan fingerprint density at radius 1 is 1.00 bits per heavy atom. The monoisotopic (exact) mass is 274 g/mol. The van der Waals surface area contributed by atoms with Crippen LogP contribution in [-0.4, -0.2) is 36.0 Å². The van der Waals surface area contributed by atoms with Crippen LogP contribution in [0.1, 0.15) is 12.0 Å². The van der Waals surface area contributed by atoms with Gasteiger partial charge in [-0.3, -0.25) is 0 Å². The van der Waals surface area contributed by atoms with Crippen molar-refractivity contribution in [2.75, 3.05) is 27.2 Å². The highest BCUT2D eigenvalue weighted by Crippen LogP contribution is 2.09. The average Bonchev–Trinajstić information content (AvgIpc) is 2.40. The number of halogens is 1. The molecule has 5 heteroatoms. The smallest absolute Gasteiger partial charge is 0.373 e. The van der Waals surface area contributed by atoms with Gasteiger partial charge in [0.05, 0.1) is 0 Å². The number of hydrogen-bond donors (Lipinski definition) is 0. The minimum Gasteiger partial charge on any atom is -0.373 e. The molecule has 0 aliphatic heterocycles. The van der Waals surface area contributed by atoms with Crippen LogP contribution >= 0.6 is 11.6 Å². The molecule has 0 heterocycles. The Kier molecular flexibility index (Phi) is 6.15. The molecule has 1 rings (SSSR count). The summed E-state index contributed by atoms with van der Waals surface area (Å²) in [7, 11) is 2.16. The largest absolute Gasteiger partial charge is 0.536 e. The van der Waals surface area contributed by atoms with Crippen LogP contribution in [0.5, 0.6) is 0 Å². The molecule has 3 nitrogen and oxygen atoms in total. The summed E-state index contributed by atoms with van der Waals surface area (Å²) >= 11 is 5.67. The maximum absolute atomic E-state index is 5.67. The van der Waals surface area contributed by atoms with Crippen molar-refractivity contribution >= 4 is 25.6 Å². The highest BCUT2D eigenvalue weighted by atomic mass is 35.5. The summed E-state index contributed by atoms with van der Waals surface area (Å²) in [6, 6.07) is 8.15. The first-order valence-electron chi connectivity index (χ1n) is 5.53. The van der Waals surface area contributed by atoms with Crippen LogP contribution in [0.2, 0.25) is 0 Å². The SMILES string of the molecule is CO[Si](OC)(OC)c1ccc(CCCCl)cc1. The first-order chi connectivity index (χ1) is 8.22. The van der Waals surface area contributed by atoms with Crippen LogP contribution in [0.25, 0.3) is 0 Å². The molecule has 17 heavy (non-hydrogen) atoms. The van der Waals surface area contributed by atoms with E-state index in [1.165, 1.54) is 5.56 Å². The van der Waals surface area contributed by atoms with E-state index >= 15 is 0 Å². The molecule has 1 aromatic carbocycles. The molecule has 0 aromatic heterocycles. The average molecular weight is 275 g/mol. The predicted molar refractivity (Wildman–Crippen MR) is 71.9 cm³/mol. The van der Waals surface area contributed by atoms with E-state index in [1.807, 2.05) is 12.1 Å². The molecule has 0 aliphatic rings. The summed E-state index contributed by atoms with van der Waals surface area (Å²) in [6.07, 6.45) is 1.98. The van der Waals surface area contributed by atoms with Crippen molar-refractivity contribution in [1.29, 1.82) is 0 Å². The van der Waals surface area contributed by atoms with Gasteiger partial charge in [-0.1, -0.05) is 24.3 Å². The molecule has 0 fully saturated rings. The molecule has 0 atom stereocenters. The maximum Gasteiger partial charge on any atom is 0.536 e. The number of aryl methyl sites for hydroxylation is 1. The third-order valence-corrected chi connectivity index (χ3v) is 5.63. The van der Waals surface area contributed by atoms with Gasteiger partial charge >= 0.3 is 8.80 Å². The second-order valence-corrected chi connectivity index (χ2v) is 6.95. The van der Waals surface area contributed by atoms with Crippen molar-refractivity contribution in [3.63, 3.8) is 0 Å². The predicted octanol–water partition coefficient (Wildman–Crippen LogP) is 1.94. The lowest BCUT2D eigenvalue weighted by molar-refractivity contribution is 0.140. The minimum atomic E-state index is -2.67. The number of rotatable bonds is 7. The summed E-state index contributed by atoms with van der Waals surface area (Å²) < 4.78 is 16.2. The van der Waals surface area contributed by atoms with Crippen molar-refractivity contribution in [3.05, 3.63) is 29.8 Å². The number of benzene rings is 1. The third kappa shape index (κ3) is 3.53. The topological polar surface area (TPSA) is 27.7 Å². The Hall–Kier alpha value is -0.393.